The molecule has 0 bridgehead atoms. The highest BCUT2D eigenvalue weighted by atomic mass is 127. The van der Waals surface area contributed by atoms with Gasteiger partial charge in [-0.2, -0.15) is 0 Å². The number of halogens is 1. The van der Waals surface area contributed by atoms with Gasteiger partial charge in [-0.3, -0.25) is 0 Å². The first-order valence-electron chi connectivity index (χ1n) is 9.31. The van der Waals surface area contributed by atoms with Crippen LogP contribution in [0, 0.1) is 24.7 Å². The highest BCUT2D eigenvalue weighted by Gasteiger charge is 2.41. The van der Waals surface area contributed by atoms with E-state index >= 15 is 0 Å². The summed E-state index contributed by atoms with van der Waals surface area (Å²) >= 11 is 0. The van der Waals surface area contributed by atoms with Crippen molar-refractivity contribution < 1.29 is 9.52 Å². The van der Waals surface area contributed by atoms with Gasteiger partial charge < -0.3 is 20.2 Å². The predicted octanol–water partition coefficient (Wildman–Crippen LogP) is 3.40. The second kappa shape index (κ2) is 8.75. The Hall–Kier alpha value is -0.760. The first-order valence-corrected chi connectivity index (χ1v) is 9.31. The van der Waals surface area contributed by atoms with Crippen LogP contribution < -0.4 is 10.6 Å². The zero-order valence-electron chi connectivity index (χ0n) is 15.5. The number of hydrogen-bond donors (Lipinski definition) is 3. The molecule has 5 nitrogen and oxygen atoms in total. The van der Waals surface area contributed by atoms with Crippen LogP contribution in [-0.2, 0) is 5.60 Å². The van der Waals surface area contributed by atoms with E-state index in [-0.39, 0.29) is 30.5 Å². The zero-order valence-corrected chi connectivity index (χ0v) is 17.9. The van der Waals surface area contributed by atoms with Crippen molar-refractivity contribution in [1.82, 2.24) is 10.6 Å². The van der Waals surface area contributed by atoms with Crippen molar-refractivity contribution in [2.45, 2.75) is 52.1 Å². The maximum absolute atomic E-state index is 10.6. The van der Waals surface area contributed by atoms with E-state index in [0.717, 1.165) is 42.6 Å². The van der Waals surface area contributed by atoms with Crippen molar-refractivity contribution in [2.24, 2.45) is 22.7 Å². The fourth-order valence-corrected chi connectivity index (χ4v) is 3.36. The largest absolute Gasteiger partial charge is 0.463 e. The van der Waals surface area contributed by atoms with Gasteiger partial charge in [-0.15, -0.1) is 24.0 Å². The standard InChI is InChI=1S/C19H31N3O2.HI/c1-4-20-18(21-11-16(14-6-7-14)15-8-9-15)22-12-19(3,23)17-10-5-13(2)24-17;/h5,10,14-16,23H,4,6-9,11-12H2,1-3H3,(H2,20,21,22);1H. The minimum atomic E-state index is -1.09. The summed E-state index contributed by atoms with van der Waals surface area (Å²) in [5, 5.41) is 17.4. The van der Waals surface area contributed by atoms with Gasteiger partial charge >= 0.3 is 0 Å². The summed E-state index contributed by atoms with van der Waals surface area (Å²) in [6.45, 7) is 7.76. The van der Waals surface area contributed by atoms with E-state index < -0.39 is 5.60 Å². The van der Waals surface area contributed by atoms with Gasteiger partial charge in [0.25, 0.3) is 0 Å². The molecule has 3 rings (SSSR count). The monoisotopic (exact) mass is 461 g/mol. The van der Waals surface area contributed by atoms with Gasteiger partial charge in [0.15, 0.2) is 5.96 Å². The minimum absolute atomic E-state index is 0. The van der Waals surface area contributed by atoms with Gasteiger partial charge in [-0.25, -0.2) is 4.99 Å². The molecule has 6 heteroatoms. The molecule has 142 valence electrons. The average molecular weight is 461 g/mol. The van der Waals surface area contributed by atoms with Crippen LogP contribution in [0.3, 0.4) is 0 Å². The molecule has 1 heterocycles. The van der Waals surface area contributed by atoms with Gasteiger partial charge in [0.2, 0.25) is 0 Å². The second-order valence-corrected chi connectivity index (χ2v) is 7.60. The van der Waals surface area contributed by atoms with Crippen LogP contribution in [0.4, 0.5) is 0 Å². The lowest BCUT2D eigenvalue weighted by Gasteiger charge is -2.21. The third kappa shape index (κ3) is 5.88. The first-order chi connectivity index (χ1) is 11.5. The van der Waals surface area contributed by atoms with Gasteiger partial charge in [-0.05, 0) is 76.3 Å². The highest BCUT2D eigenvalue weighted by Crippen LogP contribution is 2.48. The highest BCUT2D eigenvalue weighted by molar-refractivity contribution is 14.0. The van der Waals surface area contributed by atoms with Crippen LogP contribution in [-0.4, -0.2) is 30.7 Å². The van der Waals surface area contributed by atoms with Crippen LogP contribution in [0.25, 0.3) is 0 Å². The summed E-state index contributed by atoms with van der Waals surface area (Å²) in [5.41, 5.74) is -1.09. The van der Waals surface area contributed by atoms with Gasteiger partial charge in [0, 0.05) is 13.1 Å². The average Bonchev–Trinajstić information content (AvgIpc) is 3.46. The molecule has 1 aromatic rings. The zero-order chi connectivity index (χ0) is 17.2. The number of furan rings is 1. The van der Waals surface area contributed by atoms with Crippen molar-refractivity contribution in [3.05, 3.63) is 23.7 Å². The smallest absolute Gasteiger partial charge is 0.191 e. The maximum atomic E-state index is 10.6. The summed E-state index contributed by atoms with van der Waals surface area (Å²) < 4.78 is 5.56. The molecule has 0 amide bonds. The third-order valence-corrected chi connectivity index (χ3v) is 5.12. The number of nitrogens with zero attached hydrogens (tertiary/aromatic N) is 1. The quantitative estimate of drug-likeness (QED) is 0.315. The second-order valence-electron chi connectivity index (χ2n) is 7.60. The molecule has 0 aromatic carbocycles. The molecule has 1 aromatic heterocycles. The Labute approximate surface area is 168 Å². The van der Waals surface area contributed by atoms with E-state index in [4.69, 9.17) is 4.42 Å². The Morgan fingerprint density at radius 3 is 2.40 bits per heavy atom. The Kier molecular flexibility index (Phi) is 7.19. The van der Waals surface area contributed by atoms with E-state index in [9.17, 15) is 5.11 Å². The van der Waals surface area contributed by atoms with Gasteiger partial charge in [0.1, 0.15) is 17.1 Å². The third-order valence-electron chi connectivity index (χ3n) is 5.12. The molecule has 2 saturated carbocycles. The van der Waals surface area contributed by atoms with Crippen LogP contribution >= 0.6 is 24.0 Å². The number of aryl methyl sites for hydroxylation is 1. The van der Waals surface area contributed by atoms with Crippen molar-refractivity contribution in [3.8, 4) is 0 Å². The molecule has 2 fully saturated rings. The van der Waals surface area contributed by atoms with E-state index in [0.29, 0.717) is 5.76 Å². The van der Waals surface area contributed by atoms with Crippen molar-refractivity contribution in [3.63, 3.8) is 0 Å². The topological polar surface area (TPSA) is 69.8 Å². The van der Waals surface area contributed by atoms with Crippen LogP contribution in [0.2, 0.25) is 0 Å². The number of rotatable bonds is 8. The molecule has 0 radical (unpaired) electrons. The summed E-state index contributed by atoms with van der Waals surface area (Å²) in [6, 6.07) is 3.69. The molecule has 1 unspecified atom stereocenters. The fourth-order valence-electron chi connectivity index (χ4n) is 3.36. The number of aliphatic hydroxyl groups is 1. The Balaban J connectivity index is 0.00000225. The summed E-state index contributed by atoms with van der Waals surface area (Å²) in [5.74, 6) is 4.78. The molecular formula is C19H32IN3O2. The van der Waals surface area contributed by atoms with Gasteiger partial charge in [-0.1, -0.05) is 0 Å². The minimum Gasteiger partial charge on any atom is -0.463 e. The van der Waals surface area contributed by atoms with Crippen LogP contribution in [0.15, 0.2) is 21.5 Å². The summed E-state index contributed by atoms with van der Waals surface area (Å²) in [7, 11) is 0. The Bertz CT molecular complexity index is 565. The van der Waals surface area contributed by atoms with E-state index in [2.05, 4.69) is 22.5 Å². The van der Waals surface area contributed by atoms with Crippen LogP contribution in [0.1, 0.15) is 51.1 Å². The maximum Gasteiger partial charge on any atom is 0.191 e. The normalized spacial score (nSPS) is 20.1. The van der Waals surface area contributed by atoms with E-state index in [1.54, 1.807) is 6.92 Å². The van der Waals surface area contributed by atoms with E-state index in [1.807, 2.05) is 19.1 Å². The first kappa shape index (κ1) is 20.6. The van der Waals surface area contributed by atoms with Gasteiger partial charge in [0.05, 0.1) is 6.54 Å². The lowest BCUT2D eigenvalue weighted by Crippen LogP contribution is -2.41. The SMILES string of the molecule is CCNC(=NCC(C)(O)c1ccc(C)o1)NCC(C1CC1)C1CC1.I. The number of hydrogen-bond acceptors (Lipinski definition) is 3. The molecule has 25 heavy (non-hydrogen) atoms. The number of aliphatic imine (C=N–C) groups is 1. The molecule has 2 aliphatic rings. The summed E-state index contributed by atoms with van der Waals surface area (Å²) in [4.78, 5) is 4.59. The van der Waals surface area contributed by atoms with Crippen LogP contribution in [0.5, 0.6) is 0 Å². The number of guanidine groups is 1. The van der Waals surface area contributed by atoms with E-state index in [1.165, 1.54) is 25.7 Å². The molecule has 2 aliphatic carbocycles. The molecule has 0 aliphatic heterocycles. The summed E-state index contributed by atoms with van der Waals surface area (Å²) in [6.07, 6.45) is 5.57. The molecule has 0 spiro atoms. The Morgan fingerprint density at radius 2 is 1.92 bits per heavy atom. The van der Waals surface area contributed by atoms with Crippen molar-refractivity contribution in [2.75, 3.05) is 19.6 Å². The predicted molar refractivity (Wildman–Crippen MR) is 111 cm³/mol. The van der Waals surface area contributed by atoms with Crippen molar-refractivity contribution in [1.29, 1.82) is 0 Å². The molecule has 1 atom stereocenters. The fraction of sp³-hybridized carbons (Fsp3) is 0.737. The number of nitrogens with one attached hydrogen (secondary N) is 2. The molecule has 3 N–H and O–H groups in total. The lowest BCUT2D eigenvalue weighted by atomic mass is 9.98. The lowest BCUT2D eigenvalue weighted by molar-refractivity contribution is 0.0428. The van der Waals surface area contributed by atoms with Crippen molar-refractivity contribution >= 4 is 29.9 Å². The molecular weight excluding hydrogens is 429 g/mol. The Morgan fingerprint density at radius 1 is 1.28 bits per heavy atom. The molecule has 0 saturated heterocycles.